The predicted molar refractivity (Wildman–Crippen MR) is 81.9 cm³/mol. The van der Waals surface area contributed by atoms with Crippen LogP contribution in [0.15, 0.2) is 24.3 Å². The zero-order valence-electron chi connectivity index (χ0n) is 12.5. The Hall–Kier alpha value is -1.60. The van der Waals surface area contributed by atoms with Gasteiger partial charge in [0.15, 0.2) is 0 Å². The first-order chi connectivity index (χ1) is 9.73. The number of hydrogen-bond acceptors (Lipinski definition) is 5. The Morgan fingerprint density at radius 1 is 1.33 bits per heavy atom. The maximum atomic E-state index is 11.9. The van der Waals surface area contributed by atoms with E-state index in [4.69, 9.17) is 10.5 Å². The smallest absolute Gasteiger partial charge is 0.237 e. The van der Waals surface area contributed by atoms with E-state index in [-0.39, 0.29) is 24.1 Å². The van der Waals surface area contributed by atoms with Gasteiger partial charge in [0, 0.05) is 6.26 Å². The molecule has 0 aliphatic rings. The molecule has 2 atom stereocenters. The third-order valence-corrected chi connectivity index (χ3v) is 4.09. The molecule has 118 valence electrons. The largest absolute Gasteiger partial charge is 0.497 e. The second-order valence-corrected chi connectivity index (χ2v) is 7.29. The molecule has 0 aliphatic carbocycles. The van der Waals surface area contributed by atoms with Gasteiger partial charge in [-0.2, -0.15) is 0 Å². The number of benzene rings is 1. The van der Waals surface area contributed by atoms with Gasteiger partial charge in [-0.15, -0.1) is 0 Å². The van der Waals surface area contributed by atoms with E-state index in [2.05, 4.69) is 5.32 Å². The topological polar surface area (TPSA) is 98.5 Å². The third-order valence-electron chi connectivity index (χ3n) is 3.11. The molecule has 0 aromatic heterocycles. The fraction of sp³-hybridized carbons (Fsp3) is 0.500. The van der Waals surface area contributed by atoms with Crippen molar-refractivity contribution in [3.8, 4) is 5.75 Å². The van der Waals surface area contributed by atoms with Gasteiger partial charge in [0.05, 0.1) is 24.9 Å². The van der Waals surface area contributed by atoms with Gasteiger partial charge in [-0.1, -0.05) is 12.1 Å². The number of hydrogen-bond donors (Lipinski definition) is 2. The molecule has 0 bridgehead atoms. The molecule has 0 aliphatic heterocycles. The molecular formula is C14H22N2O4S. The molecule has 3 N–H and O–H groups in total. The highest BCUT2D eigenvalue weighted by atomic mass is 32.2. The fourth-order valence-corrected chi connectivity index (χ4v) is 2.45. The van der Waals surface area contributed by atoms with Crippen LogP contribution in [0.3, 0.4) is 0 Å². The SMILES string of the molecule is COc1ccc([C@H](C)NC(=O)C(N)CCS(C)(=O)=O)cc1. The first kappa shape index (κ1) is 17.5. The van der Waals surface area contributed by atoms with E-state index in [9.17, 15) is 13.2 Å². The first-order valence-corrected chi connectivity index (χ1v) is 8.66. The second kappa shape index (κ2) is 7.42. The van der Waals surface area contributed by atoms with Crippen LogP contribution in [0.2, 0.25) is 0 Å². The van der Waals surface area contributed by atoms with Gasteiger partial charge in [-0.25, -0.2) is 8.42 Å². The van der Waals surface area contributed by atoms with Gasteiger partial charge >= 0.3 is 0 Å². The molecule has 21 heavy (non-hydrogen) atoms. The number of nitrogens with two attached hydrogens (primary N) is 1. The summed E-state index contributed by atoms with van der Waals surface area (Å²) in [7, 11) is -1.53. The van der Waals surface area contributed by atoms with Crippen LogP contribution in [0, 0.1) is 0 Å². The van der Waals surface area contributed by atoms with E-state index in [0.717, 1.165) is 17.6 Å². The summed E-state index contributed by atoms with van der Waals surface area (Å²) >= 11 is 0. The Kier molecular flexibility index (Phi) is 6.17. The second-order valence-electron chi connectivity index (χ2n) is 5.03. The third kappa shape index (κ3) is 6.14. The van der Waals surface area contributed by atoms with E-state index in [1.165, 1.54) is 0 Å². The predicted octanol–water partition coefficient (Wildman–Crippen LogP) is 0.634. The maximum Gasteiger partial charge on any atom is 0.237 e. The zero-order valence-corrected chi connectivity index (χ0v) is 13.3. The molecule has 6 nitrogen and oxygen atoms in total. The minimum Gasteiger partial charge on any atom is -0.497 e. The van der Waals surface area contributed by atoms with Crippen LogP contribution in [0.4, 0.5) is 0 Å². The lowest BCUT2D eigenvalue weighted by molar-refractivity contribution is -0.123. The van der Waals surface area contributed by atoms with Crippen molar-refractivity contribution >= 4 is 15.7 Å². The van der Waals surface area contributed by atoms with Crippen LogP contribution in [-0.2, 0) is 14.6 Å². The molecule has 1 rings (SSSR count). The molecule has 0 saturated carbocycles. The average molecular weight is 314 g/mol. The van der Waals surface area contributed by atoms with Crippen LogP contribution in [0.25, 0.3) is 0 Å². The number of carbonyl (C=O) groups is 1. The Morgan fingerprint density at radius 3 is 2.38 bits per heavy atom. The van der Waals surface area contributed by atoms with Gasteiger partial charge < -0.3 is 15.8 Å². The minimum absolute atomic E-state index is 0.0987. The lowest BCUT2D eigenvalue weighted by Gasteiger charge is -2.18. The number of ether oxygens (including phenoxy) is 1. The highest BCUT2D eigenvalue weighted by Gasteiger charge is 2.18. The Morgan fingerprint density at radius 2 is 1.90 bits per heavy atom. The number of methoxy groups -OCH3 is 1. The van der Waals surface area contributed by atoms with Crippen molar-refractivity contribution in [3.05, 3.63) is 29.8 Å². The molecule has 1 unspecified atom stereocenters. The van der Waals surface area contributed by atoms with E-state index in [1.54, 1.807) is 7.11 Å². The van der Waals surface area contributed by atoms with Crippen molar-refractivity contribution in [1.29, 1.82) is 0 Å². The zero-order chi connectivity index (χ0) is 16.0. The number of amides is 1. The van der Waals surface area contributed by atoms with Gasteiger partial charge in [-0.3, -0.25) is 4.79 Å². The van der Waals surface area contributed by atoms with Crippen LogP contribution < -0.4 is 15.8 Å². The van der Waals surface area contributed by atoms with Crippen molar-refractivity contribution in [2.45, 2.75) is 25.4 Å². The molecule has 7 heteroatoms. The summed E-state index contributed by atoms with van der Waals surface area (Å²) in [5.41, 5.74) is 6.62. The molecule has 1 amide bonds. The molecule has 1 aromatic carbocycles. The van der Waals surface area contributed by atoms with Crippen molar-refractivity contribution in [2.75, 3.05) is 19.1 Å². The summed E-state index contributed by atoms with van der Waals surface area (Å²) in [4.78, 5) is 11.9. The number of carbonyl (C=O) groups excluding carboxylic acids is 1. The summed E-state index contributed by atoms with van der Waals surface area (Å²) in [6.45, 7) is 1.84. The molecular weight excluding hydrogens is 292 g/mol. The van der Waals surface area contributed by atoms with Gasteiger partial charge in [0.25, 0.3) is 0 Å². The molecule has 0 radical (unpaired) electrons. The van der Waals surface area contributed by atoms with E-state index in [0.29, 0.717) is 0 Å². The Balaban J connectivity index is 2.56. The van der Waals surface area contributed by atoms with Crippen LogP contribution in [0.5, 0.6) is 5.75 Å². The molecule has 0 saturated heterocycles. The monoisotopic (exact) mass is 314 g/mol. The summed E-state index contributed by atoms with van der Waals surface area (Å²) in [5.74, 6) is 0.280. The fourth-order valence-electron chi connectivity index (χ4n) is 1.77. The Bertz CT molecular complexity index is 569. The average Bonchev–Trinajstić information content (AvgIpc) is 2.43. The standard InChI is InChI=1S/C14H22N2O4S/c1-10(11-4-6-12(20-2)7-5-11)16-14(17)13(15)8-9-21(3,18)19/h4-7,10,13H,8-9,15H2,1-3H3,(H,16,17)/t10-,13?/m0/s1. The van der Waals surface area contributed by atoms with Crippen molar-refractivity contribution in [2.24, 2.45) is 5.73 Å². The Labute approximate surface area is 125 Å². The van der Waals surface area contributed by atoms with E-state index < -0.39 is 15.9 Å². The van der Waals surface area contributed by atoms with Crippen LogP contribution in [-0.4, -0.2) is 39.5 Å². The summed E-state index contributed by atoms with van der Waals surface area (Å²) in [5, 5.41) is 2.77. The highest BCUT2D eigenvalue weighted by Crippen LogP contribution is 2.17. The van der Waals surface area contributed by atoms with Crippen LogP contribution in [0.1, 0.15) is 24.9 Å². The van der Waals surface area contributed by atoms with E-state index >= 15 is 0 Å². The van der Waals surface area contributed by atoms with Gasteiger partial charge in [-0.05, 0) is 31.0 Å². The van der Waals surface area contributed by atoms with E-state index in [1.807, 2.05) is 31.2 Å². The van der Waals surface area contributed by atoms with Crippen molar-refractivity contribution in [3.63, 3.8) is 0 Å². The lowest BCUT2D eigenvalue weighted by atomic mass is 10.1. The summed E-state index contributed by atoms with van der Waals surface area (Å²) in [6.07, 6.45) is 1.23. The minimum atomic E-state index is -3.11. The first-order valence-electron chi connectivity index (χ1n) is 6.60. The highest BCUT2D eigenvalue weighted by molar-refractivity contribution is 7.90. The summed E-state index contributed by atoms with van der Waals surface area (Å²) < 4.78 is 27.2. The normalized spacial score (nSPS) is 14.3. The number of nitrogens with one attached hydrogen (secondary N) is 1. The summed E-state index contributed by atoms with van der Waals surface area (Å²) in [6, 6.07) is 6.27. The number of sulfone groups is 1. The van der Waals surface area contributed by atoms with Crippen molar-refractivity contribution < 1.29 is 17.9 Å². The van der Waals surface area contributed by atoms with Crippen molar-refractivity contribution in [1.82, 2.24) is 5.32 Å². The molecule has 0 spiro atoms. The van der Waals surface area contributed by atoms with Crippen LogP contribution >= 0.6 is 0 Å². The van der Waals surface area contributed by atoms with Gasteiger partial charge in [0.2, 0.25) is 5.91 Å². The number of rotatable bonds is 7. The van der Waals surface area contributed by atoms with Gasteiger partial charge in [0.1, 0.15) is 15.6 Å². The molecule has 0 heterocycles. The lowest BCUT2D eigenvalue weighted by Crippen LogP contribution is -2.42. The quantitative estimate of drug-likeness (QED) is 0.769. The maximum absolute atomic E-state index is 11.9. The molecule has 0 fully saturated rings. The molecule has 1 aromatic rings.